The summed E-state index contributed by atoms with van der Waals surface area (Å²) >= 11 is 0. The molecule has 0 aliphatic carbocycles. The quantitative estimate of drug-likeness (QED) is 0.778. The number of rotatable bonds is 3. The van der Waals surface area contributed by atoms with Crippen LogP contribution in [0.15, 0.2) is 18.2 Å². The molecular formula is C13H17N3O3. The molecule has 1 aromatic carbocycles. The van der Waals surface area contributed by atoms with Crippen LogP contribution in [-0.4, -0.2) is 25.1 Å². The topological polar surface area (TPSA) is 79.5 Å². The van der Waals surface area contributed by atoms with Crippen LogP contribution in [0, 0.1) is 5.92 Å². The molecule has 1 aromatic rings. The summed E-state index contributed by atoms with van der Waals surface area (Å²) < 4.78 is 5.27. The van der Waals surface area contributed by atoms with E-state index in [1.54, 1.807) is 18.2 Å². The highest BCUT2D eigenvalue weighted by Gasteiger charge is 2.16. The lowest BCUT2D eigenvalue weighted by atomic mass is 10.2. The normalized spacial score (nSPS) is 13.3. The SMILES string of the molecule is CC(C)CNC(=O)Nc1ccc2c(c1)OCC(=O)N2. The third-order valence-corrected chi connectivity index (χ3v) is 2.54. The summed E-state index contributed by atoms with van der Waals surface area (Å²) in [6, 6.07) is 4.84. The average Bonchev–Trinajstić information content (AvgIpc) is 2.36. The summed E-state index contributed by atoms with van der Waals surface area (Å²) in [6.07, 6.45) is 0. The van der Waals surface area contributed by atoms with E-state index in [4.69, 9.17) is 4.74 Å². The molecule has 0 fully saturated rings. The Morgan fingerprint density at radius 3 is 3.00 bits per heavy atom. The Labute approximate surface area is 111 Å². The van der Waals surface area contributed by atoms with Gasteiger partial charge >= 0.3 is 6.03 Å². The molecule has 3 amide bonds. The van der Waals surface area contributed by atoms with Gasteiger partial charge in [0.25, 0.3) is 5.91 Å². The van der Waals surface area contributed by atoms with E-state index in [1.165, 1.54) is 0 Å². The predicted molar refractivity (Wildman–Crippen MR) is 72.4 cm³/mol. The highest BCUT2D eigenvalue weighted by Crippen LogP contribution is 2.30. The number of hydrogen-bond acceptors (Lipinski definition) is 3. The number of hydrogen-bond donors (Lipinski definition) is 3. The zero-order chi connectivity index (χ0) is 13.8. The van der Waals surface area contributed by atoms with Crippen LogP contribution in [0.2, 0.25) is 0 Å². The Balaban J connectivity index is 1.98. The molecule has 0 radical (unpaired) electrons. The van der Waals surface area contributed by atoms with Gasteiger partial charge in [0.15, 0.2) is 6.61 Å². The Morgan fingerprint density at radius 1 is 1.47 bits per heavy atom. The first-order valence-electron chi connectivity index (χ1n) is 6.16. The van der Waals surface area contributed by atoms with Gasteiger partial charge in [0, 0.05) is 18.3 Å². The molecule has 102 valence electrons. The van der Waals surface area contributed by atoms with Gasteiger partial charge < -0.3 is 20.7 Å². The van der Waals surface area contributed by atoms with Gasteiger partial charge in [-0.25, -0.2) is 4.79 Å². The third kappa shape index (κ3) is 3.61. The highest BCUT2D eigenvalue weighted by atomic mass is 16.5. The number of carbonyl (C=O) groups excluding carboxylic acids is 2. The molecule has 6 heteroatoms. The molecule has 0 aromatic heterocycles. The zero-order valence-electron chi connectivity index (χ0n) is 10.9. The number of anilines is 2. The number of nitrogens with one attached hydrogen (secondary N) is 3. The van der Waals surface area contributed by atoms with Crippen molar-refractivity contribution in [1.29, 1.82) is 0 Å². The maximum Gasteiger partial charge on any atom is 0.319 e. The van der Waals surface area contributed by atoms with Crippen LogP contribution in [0.5, 0.6) is 5.75 Å². The molecule has 0 unspecified atom stereocenters. The van der Waals surface area contributed by atoms with Crippen LogP contribution < -0.4 is 20.7 Å². The monoisotopic (exact) mass is 263 g/mol. The Hall–Kier alpha value is -2.24. The van der Waals surface area contributed by atoms with Crippen molar-refractivity contribution in [3.05, 3.63) is 18.2 Å². The molecule has 6 nitrogen and oxygen atoms in total. The number of ether oxygens (including phenoxy) is 1. The van der Waals surface area contributed by atoms with E-state index in [0.717, 1.165) is 0 Å². The molecule has 1 aliphatic heterocycles. The van der Waals surface area contributed by atoms with E-state index < -0.39 is 0 Å². The molecule has 0 atom stereocenters. The number of urea groups is 1. The average molecular weight is 263 g/mol. The van der Waals surface area contributed by atoms with Gasteiger partial charge in [-0.2, -0.15) is 0 Å². The van der Waals surface area contributed by atoms with Crippen molar-refractivity contribution in [3.63, 3.8) is 0 Å². The van der Waals surface area contributed by atoms with E-state index in [9.17, 15) is 9.59 Å². The molecule has 0 spiro atoms. The third-order valence-electron chi connectivity index (χ3n) is 2.54. The van der Waals surface area contributed by atoms with Crippen molar-refractivity contribution in [2.24, 2.45) is 5.92 Å². The molecule has 3 N–H and O–H groups in total. The summed E-state index contributed by atoms with van der Waals surface area (Å²) in [4.78, 5) is 22.7. The fourth-order valence-electron chi connectivity index (χ4n) is 1.62. The van der Waals surface area contributed by atoms with Crippen molar-refractivity contribution in [3.8, 4) is 5.75 Å². The summed E-state index contributed by atoms with van der Waals surface area (Å²) in [7, 11) is 0. The summed E-state index contributed by atoms with van der Waals surface area (Å²) in [5.74, 6) is 0.775. The maximum absolute atomic E-state index is 11.6. The summed E-state index contributed by atoms with van der Waals surface area (Å²) in [6.45, 7) is 4.66. The van der Waals surface area contributed by atoms with E-state index in [1.807, 2.05) is 13.8 Å². The molecule has 2 rings (SSSR count). The minimum Gasteiger partial charge on any atom is -0.482 e. The maximum atomic E-state index is 11.6. The lowest BCUT2D eigenvalue weighted by Gasteiger charge is -2.18. The van der Waals surface area contributed by atoms with Gasteiger partial charge in [-0.15, -0.1) is 0 Å². The Kier molecular flexibility index (Phi) is 3.89. The van der Waals surface area contributed by atoms with Gasteiger partial charge in [-0.05, 0) is 18.1 Å². The molecule has 0 bridgehead atoms. The van der Waals surface area contributed by atoms with Crippen LogP contribution in [0.25, 0.3) is 0 Å². The molecule has 19 heavy (non-hydrogen) atoms. The predicted octanol–water partition coefficient (Wildman–Crippen LogP) is 1.79. The molecule has 1 heterocycles. The molecular weight excluding hydrogens is 246 g/mol. The van der Waals surface area contributed by atoms with Crippen LogP contribution in [0.4, 0.5) is 16.2 Å². The van der Waals surface area contributed by atoms with E-state index in [0.29, 0.717) is 29.6 Å². The van der Waals surface area contributed by atoms with Crippen molar-refractivity contribution >= 4 is 23.3 Å². The van der Waals surface area contributed by atoms with Crippen molar-refractivity contribution in [1.82, 2.24) is 5.32 Å². The van der Waals surface area contributed by atoms with Crippen molar-refractivity contribution in [2.45, 2.75) is 13.8 Å². The summed E-state index contributed by atoms with van der Waals surface area (Å²) in [5, 5.41) is 8.16. The first-order valence-corrected chi connectivity index (χ1v) is 6.16. The number of amides is 3. The van der Waals surface area contributed by atoms with E-state index in [2.05, 4.69) is 16.0 Å². The first-order chi connectivity index (χ1) is 9.04. The number of fused-ring (bicyclic) bond motifs is 1. The standard InChI is InChI=1S/C13H17N3O3/c1-8(2)6-14-13(18)15-9-3-4-10-11(5-9)19-7-12(17)16-10/h3-5,8H,6-7H2,1-2H3,(H,16,17)(H2,14,15,18). The minimum atomic E-state index is -0.256. The second-order valence-electron chi connectivity index (χ2n) is 4.78. The van der Waals surface area contributed by atoms with Crippen molar-refractivity contribution in [2.75, 3.05) is 23.8 Å². The fourth-order valence-corrected chi connectivity index (χ4v) is 1.62. The zero-order valence-corrected chi connectivity index (χ0v) is 10.9. The van der Waals surface area contributed by atoms with Crippen LogP contribution in [0.3, 0.4) is 0 Å². The summed E-state index contributed by atoms with van der Waals surface area (Å²) in [5.41, 5.74) is 1.24. The number of carbonyl (C=O) groups is 2. The van der Waals surface area contributed by atoms with Gasteiger partial charge in [-0.1, -0.05) is 13.8 Å². The lowest BCUT2D eigenvalue weighted by molar-refractivity contribution is -0.118. The van der Waals surface area contributed by atoms with E-state index in [-0.39, 0.29) is 18.5 Å². The molecule has 0 saturated carbocycles. The van der Waals surface area contributed by atoms with Gasteiger partial charge in [-0.3, -0.25) is 4.79 Å². The molecule has 1 aliphatic rings. The Morgan fingerprint density at radius 2 is 2.26 bits per heavy atom. The first kappa shape index (κ1) is 13.2. The minimum absolute atomic E-state index is 0.00397. The second kappa shape index (κ2) is 5.60. The smallest absolute Gasteiger partial charge is 0.319 e. The molecule has 0 saturated heterocycles. The van der Waals surface area contributed by atoms with Crippen LogP contribution in [0.1, 0.15) is 13.8 Å². The highest BCUT2D eigenvalue weighted by molar-refractivity contribution is 5.96. The van der Waals surface area contributed by atoms with Crippen LogP contribution in [-0.2, 0) is 4.79 Å². The number of benzene rings is 1. The Bertz CT molecular complexity index is 500. The van der Waals surface area contributed by atoms with E-state index >= 15 is 0 Å². The lowest BCUT2D eigenvalue weighted by Crippen LogP contribution is -2.31. The van der Waals surface area contributed by atoms with Gasteiger partial charge in [0.05, 0.1) is 5.69 Å². The van der Waals surface area contributed by atoms with Crippen LogP contribution >= 0.6 is 0 Å². The van der Waals surface area contributed by atoms with Crippen molar-refractivity contribution < 1.29 is 14.3 Å². The second-order valence-corrected chi connectivity index (χ2v) is 4.78. The fraction of sp³-hybridized carbons (Fsp3) is 0.385. The largest absolute Gasteiger partial charge is 0.482 e. The van der Waals surface area contributed by atoms with Gasteiger partial charge in [0.2, 0.25) is 0 Å². The van der Waals surface area contributed by atoms with Gasteiger partial charge in [0.1, 0.15) is 5.75 Å².